The Bertz CT molecular complexity index is 519. The molecule has 0 unspecified atom stereocenters. The summed E-state index contributed by atoms with van der Waals surface area (Å²) in [4.78, 5) is 10.4. The summed E-state index contributed by atoms with van der Waals surface area (Å²) >= 11 is 0. The number of nitrogens with zero attached hydrogens (tertiary/aromatic N) is 3. The highest BCUT2D eigenvalue weighted by Gasteiger charge is 2.07. The van der Waals surface area contributed by atoms with Crippen molar-refractivity contribution in [3.63, 3.8) is 0 Å². The Morgan fingerprint density at radius 2 is 2.12 bits per heavy atom. The Morgan fingerprint density at radius 1 is 1.41 bits per heavy atom. The van der Waals surface area contributed by atoms with Crippen LogP contribution in [0.4, 0.5) is 11.5 Å². The lowest BCUT2D eigenvalue weighted by atomic mass is 10.2. The zero-order valence-corrected chi connectivity index (χ0v) is 9.33. The van der Waals surface area contributed by atoms with E-state index in [9.17, 15) is 4.91 Å². The third kappa shape index (κ3) is 2.25. The molecule has 0 saturated carbocycles. The van der Waals surface area contributed by atoms with E-state index in [0.29, 0.717) is 6.54 Å². The number of ether oxygens (including phenoxy) is 1. The van der Waals surface area contributed by atoms with Gasteiger partial charge >= 0.3 is 0 Å². The van der Waals surface area contributed by atoms with Gasteiger partial charge in [0.05, 0.1) is 19.9 Å². The fourth-order valence-electron chi connectivity index (χ4n) is 1.49. The summed E-state index contributed by atoms with van der Waals surface area (Å²) in [7, 11) is 1.61. The van der Waals surface area contributed by atoms with E-state index >= 15 is 0 Å². The lowest BCUT2D eigenvalue weighted by molar-refractivity contribution is 0.414. The molecule has 1 aromatic heterocycles. The van der Waals surface area contributed by atoms with Crippen molar-refractivity contribution >= 4 is 11.5 Å². The molecular weight excluding hydrogens is 220 g/mol. The van der Waals surface area contributed by atoms with Crippen LogP contribution in [0.15, 0.2) is 35.6 Å². The molecule has 0 amide bonds. The molecule has 6 nitrogen and oxygen atoms in total. The number of nitrogens with two attached hydrogens (primary N) is 1. The number of hydrogen-bond donors (Lipinski definition) is 1. The minimum absolute atomic E-state index is 0.165. The number of anilines is 1. The third-order valence-electron chi connectivity index (χ3n) is 2.45. The summed E-state index contributed by atoms with van der Waals surface area (Å²) in [5.41, 5.74) is 6.88. The van der Waals surface area contributed by atoms with Crippen molar-refractivity contribution in [2.45, 2.75) is 6.54 Å². The van der Waals surface area contributed by atoms with Crippen LogP contribution in [0.1, 0.15) is 5.56 Å². The average molecular weight is 232 g/mol. The first-order valence-electron chi connectivity index (χ1n) is 5.02. The fourth-order valence-corrected chi connectivity index (χ4v) is 1.49. The van der Waals surface area contributed by atoms with E-state index in [-0.39, 0.29) is 11.5 Å². The number of rotatable bonds is 4. The van der Waals surface area contributed by atoms with Gasteiger partial charge in [-0.25, -0.2) is 4.68 Å². The van der Waals surface area contributed by atoms with Crippen LogP contribution >= 0.6 is 0 Å². The standard InChI is InChI=1S/C11H12N4O2/c1-17-9-4-2-8(3-5-9)7-15-11(12)10(14-16)6-13-15/h2-6H,7,12H2,1H3. The van der Waals surface area contributed by atoms with Crippen LogP contribution < -0.4 is 10.5 Å². The topological polar surface area (TPSA) is 82.5 Å². The van der Waals surface area contributed by atoms with E-state index in [1.165, 1.54) is 10.9 Å². The number of aromatic nitrogens is 2. The van der Waals surface area contributed by atoms with Gasteiger partial charge in [0, 0.05) is 0 Å². The molecule has 6 heteroatoms. The van der Waals surface area contributed by atoms with Gasteiger partial charge in [-0.1, -0.05) is 12.1 Å². The number of methoxy groups -OCH3 is 1. The molecule has 17 heavy (non-hydrogen) atoms. The van der Waals surface area contributed by atoms with Crippen LogP contribution in [-0.4, -0.2) is 16.9 Å². The zero-order valence-electron chi connectivity index (χ0n) is 9.33. The van der Waals surface area contributed by atoms with Gasteiger partial charge in [-0.3, -0.25) is 0 Å². The number of nitrogen functional groups attached to an aromatic ring is 1. The van der Waals surface area contributed by atoms with Gasteiger partial charge in [-0.15, -0.1) is 4.91 Å². The van der Waals surface area contributed by atoms with E-state index in [0.717, 1.165) is 11.3 Å². The van der Waals surface area contributed by atoms with E-state index in [4.69, 9.17) is 10.5 Å². The summed E-state index contributed by atoms with van der Waals surface area (Å²) in [5, 5.41) is 6.77. The second kappa shape index (κ2) is 4.65. The maximum absolute atomic E-state index is 10.4. The highest BCUT2D eigenvalue weighted by atomic mass is 16.5. The van der Waals surface area contributed by atoms with Crippen molar-refractivity contribution in [3.05, 3.63) is 40.9 Å². The predicted octanol–water partition coefficient (Wildman–Crippen LogP) is 1.92. The molecule has 88 valence electrons. The molecule has 0 bridgehead atoms. The third-order valence-corrected chi connectivity index (χ3v) is 2.45. The molecular formula is C11H12N4O2. The molecule has 1 heterocycles. The van der Waals surface area contributed by atoms with Gasteiger partial charge in [0.2, 0.25) is 0 Å². The Morgan fingerprint density at radius 3 is 2.65 bits per heavy atom. The monoisotopic (exact) mass is 232 g/mol. The Kier molecular flexibility index (Phi) is 3.04. The summed E-state index contributed by atoms with van der Waals surface area (Å²) in [5.74, 6) is 1.06. The Hall–Kier alpha value is -2.37. The molecule has 0 atom stereocenters. The predicted molar refractivity (Wildman–Crippen MR) is 64.2 cm³/mol. The van der Waals surface area contributed by atoms with Gasteiger partial charge < -0.3 is 10.5 Å². The first-order valence-corrected chi connectivity index (χ1v) is 5.02. The normalized spacial score (nSPS) is 10.2. The van der Waals surface area contributed by atoms with E-state index in [1.54, 1.807) is 7.11 Å². The van der Waals surface area contributed by atoms with Crippen molar-refractivity contribution in [3.8, 4) is 5.75 Å². The maximum Gasteiger partial charge on any atom is 0.169 e. The molecule has 1 aromatic carbocycles. The highest BCUT2D eigenvalue weighted by Crippen LogP contribution is 2.21. The first-order chi connectivity index (χ1) is 8.24. The van der Waals surface area contributed by atoms with Crippen LogP contribution in [0.2, 0.25) is 0 Å². The lowest BCUT2D eigenvalue weighted by Gasteiger charge is -2.05. The largest absolute Gasteiger partial charge is 0.497 e. The molecule has 0 aliphatic carbocycles. The summed E-state index contributed by atoms with van der Waals surface area (Å²) in [6.45, 7) is 0.491. The van der Waals surface area contributed by atoms with Gasteiger partial charge in [-0.05, 0) is 22.9 Å². The molecule has 2 N–H and O–H groups in total. The quantitative estimate of drug-likeness (QED) is 0.816. The van der Waals surface area contributed by atoms with Crippen LogP contribution in [-0.2, 0) is 6.54 Å². The molecule has 0 aliphatic heterocycles. The molecule has 2 rings (SSSR count). The number of nitroso groups, excluding NO2 is 1. The van der Waals surface area contributed by atoms with Crippen LogP contribution in [0, 0.1) is 4.91 Å². The minimum Gasteiger partial charge on any atom is -0.497 e. The SMILES string of the molecule is COc1ccc(Cn2ncc(N=O)c2N)cc1. The minimum atomic E-state index is 0.165. The molecule has 0 saturated heterocycles. The van der Waals surface area contributed by atoms with Crippen LogP contribution in [0.25, 0.3) is 0 Å². The number of benzene rings is 1. The second-order valence-electron chi connectivity index (χ2n) is 3.51. The fraction of sp³-hybridized carbons (Fsp3) is 0.182. The number of hydrogen-bond acceptors (Lipinski definition) is 5. The summed E-state index contributed by atoms with van der Waals surface area (Å²) in [6, 6.07) is 7.53. The highest BCUT2D eigenvalue weighted by molar-refractivity contribution is 5.56. The second-order valence-corrected chi connectivity index (χ2v) is 3.51. The van der Waals surface area contributed by atoms with Crippen LogP contribution in [0.5, 0.6) is 5.75 Å². The van der Waals surface area contributed by atoms with Crippen LogP contribution in [0.3, 0.4) is 0 Å². The van der Waals surface area contributed by atoms with Crippen molar-refractivity contribution in [2.75, 3.05) is 12.8 Å². The van der Waals surface area contributed by atoms with E-state index < -0.39 is 0 Å². The van der Waals surface area contributed by atoms with E-state index in [2.05, 4.69) is 10.3 Å². The first kappa shape index (κ1) is 11.1. The molecule has 0 spiro atoms. The van der Waals surface area contributed by atoms with Gasteiger partial charge in [0.25, 0.3) is 0 Å². The van der Waals surface area contributed by atoms with Crippen molar-refractivity contribution in [1.82, 2.24) is 9.78 Å². The summed E-state index contributed by atoms with van der Waals surface area (Å²) in [6.07, 6.45) is 1.35. The maximum atomic E-state index is 10.4. The average Bonchev–Trinajstić information content (AvgIpc) is 2.71. The van der Waals surface area contributed by atoms with Crippen molar-refractivity contribution in [1.29, 1.82) is 0 Å². The molecule has 0 fully saturated rings. The molecule has 0 radical (unpaired) electrons. The molecule has 0 aliphatic rings. The van der Waals surface area contributed by atoms with Crippen molar-refractivity contribution < 1.29 is 4.74 Å². The smallest absolute Gasteiger partial charge is 0.169 e. The Labute approximate surface area is 98.0 Å². The lowest BCUT2D eigenvalue weighted by Crippen LogP contribution is -2.05. The zero-order chi connectivity index (χ0) is 12.3. The Balaban J connectivity index is 2.19. The van der Waals surface area contributed by atoms with Gasteiger partial charge in [0.1, 0.15) is 5.75 Å². The van der Waals surface area contributed by atoms with Gasteiger partial charge in [0.15, 0.2) is 11.5 Å². The van der Waals surface area contributed by atoms with Crippen molar-refractivity contribution in [2.24, 2.45) is 5.18 Å². The molecule has 2 aromatic rings. The van der Waals surface area contributed by atoms with E-state index in [1.807, 2.05) is 24.3 Å². The summed E-state index contributed by atoms with van der Waals surface area (Å²) < 4.78 is 6.59. The van der Waals surface area contributed by atoms with Gasteiger partial charge in [-0.2, -0.15) is 5.10 Å².